The molecular formula is C23H32N6O2. The third kappa shape index (κ3) is 3.61. The second kappa shape index (κ2) is 7.60. The van der Waals surface area contributed by atoms with Gasteiger partial charge in [-0.15, -0.1) is 0 Å². The molecule has 3 aliphatic rings. The Hall–Kier alpha value is -2.45. The Labute approximate surface area is 183 Å². The van der Waals surface area contributed by atoms with Crippen LogP contribution in [0.4, 0.5) is 17.5 Å². The number of rotatable bonds is 5. The average molecular weight is 425 g/mol. The first kappa shape index (κ1) is 20.5. The summed E-state index contributed by atoms with van der Waals surface area (Å²) in [5, 5.41) is 24.8. The van der Waals surface area contributed by atoms with Crippen LogP contribution in [0, 0.1) is 12.3 Å². The molecule has 1 atom stereocenters. The molecule has 5 rings (SSSR count). The first-order valence-corrected chi connectivity index (χ1v) is 11.3. The summed E-state index contributed by atoms with van der Waals surface area (Å²) in [6.07, 6.45) is 8.08. The highest BCUT2D eigenvalue weighted by Gasteiger charge is 2.50. The fourth-order valence-corrected chi connectivity index (χ4v) is 5.25. The number of anilines is 3. The van der Waals surface area contributed by atoms with Crippen molar-refractivity contribution < 1.29 is 9.84 Å². The SMILES string of the molecule is C=NN(c1ccn[nH]1)c1nc(N2CCOC[C@H]2C)cc(C2(O)CCC3(CC3)CC2)c1C. The number of hydrogen-bond donors (Lipinski definition) is 2. The Kier molecular flexibility index (Phi) is 5.01. The molecule has 8 heteroatoms. The molecule has 2 aromatic rings. The van der Waals surface area contributed by atoms with Crippen molar-refractivity contribution in [2.75, 3.05) is 29.7 Å². The number of hydrogen-bond acceptors (Lipinski definition) is 7. The molecule has 0 amide bonds. The maximum Gasteiger partial charge on any atom is 0.161 e. The van der Waals surface area contributed by atoms with Crippen molar-refractivity contribution in [2.45, 2.75) is 64.0 Å². The number of aromatic nitrogens is 3. The van der Waals surface area contributed by atoms with Crippen LogP contribution in [0.2, 0.25) is 0 Å². The van der Waals surface area contributed by atoms with Crippen LogP contribution < -0.4 is 9.91 Å². The smallest absolute Gasteiger partial charge is 0.161 e. The van der Waals surface area contributed by atoms with Gasteiger partial charge in [-0.3, -0.25) is 5.10 Å². The van der Waals surface area contributed by atoms with Gasteiger partial charge in [0.05, 0.1) is 31.1 Å². The minimum atomic E-state index is -0.847. The lowest BCUT2D eigenvalue weighted by molar-refractivity contribution is -0.0190. The number of ether oxygens (including phenoxy) is 1. The number of aliphatic hydroxyl groups is 1. The Morgan fingerprint density at radius 2 is 2.03 bits per heavy atom. The lowest BCUT2D eigenvalue weighted by Gasteiger charge is -2.40. The van der Waals surface area contributed by atoms with Crippen LogP contribution in [-0.2, 0) is 10.3 Å². The van der Waals surface area contributed by atoms with Crippen LogP contribution >= 0.6 is 0 Å². The Balaban J connectivity index is 1.60. The topological polar surface area (TPSA) is 89.9 Å². The summed E-state index contributed by atoms with van der Waals surface area (Å²) in [4.78, 5) is 7.27. The summed E-state index contributed by atoms with van der Waals surface area (Å²) in [5.74, 6) is 2.21. The summed E-state index contributed by atoms with van der Waals surface area (Å²) in [6.45, 7) is 10.0. The van der Waals surface area contributed by atoms with Gasteiger partial charge in [-0.1, -0.05) is 0 Å². The number of nitrogens with zero attached hydrogens (tertiary/aromatic N) is 5. The predicted octanol–water partition coefficient (Wildman–Crippen LogP) is 3.63. The van der Waals surface area contributed by atoms with Crippen molar-refractivity contribution >= 4 is 24.2 Å². The molecule has 8 nitrogen and oxygen atoms in total. The highest BCUT2D eigenvalue weighted by molar-refractivity contribution is 5.66. The molecule has 1 aliphatic heterocycles. The van der Waals surface area contributed by atoms with E-state index in [0.29, 0.717) is 30.3 Å². The van der Waals surface area contributed by atoms with Gasteiger partial charge in [0.15, 0.2) is 11.6 Å². The lowest BCUT2D eigenvalue weighted by Crippen LogP contribution is -2.44. The van der Waals surface area contributed by atoms with Crippen molar-refractivity contribution in [2.24, 2.45) is 10.5 Å². The molecule has 2 aromatic heterocycles. The summed E-state index contributed by atoms with van der Waals surface area (Å²) in [6, 6.07) is 4.14. The van der Waals surface area contributed by atoms with E-state index in [9.17, 15) is 5.11 Å². The van der Waals surface area contributed by atoms with Crippen molar-refractivity contribution in [3.63, 3.8) is 0 Å². The molecule has 0 aromatic carbocycles. The molecule has 1 saturated heterocycles. The van der Waals surface area contributed by atoms with Crippen LogP contribution in [0.5, 0.6) is 0 Å². The first-order chi connectivity index (χ1) is 14.9. The number of pyridine rings is 1. The molecule has 31 heavy (non-hydrogen) atoms. The Morgan fingerprint density at radius 1 is 1.29 bits per heavy atom. The molecule has 2 aliphatic carbocycles. The monoisotopic (exact) mass is 424 g/mol. The van der Waals surface area contributed by atoms with Gasteiger partial charge in [-0.2, -0.15) is 15.2 Å². The van der Waals surface area contributed by atoms with E-state index in [-0.39, 0.29) is 6.04 Å². The molecule has 0 bridgehead atoms. The van der Waals surface area contributed by atoms with E-state index in [0.717, 1.165) is 49.2 Å². The van der Waals surface area contributed by atoms with Gasteiger partial charge in [0.1, 0.15) is 5.82 Å². The van der Waals surface area contributed by atoms with Gasteiger partial charge in [-0.05, 0) is 69.4 Å². The summed E-state index contributed by atoms with van der Waals surface area (Å²) < 4.78 is 5.64. The van der Waals surface area contributed by atoms with Crippen LogP contribution in [0.25, 0.3) is 0 Å². The number of nitrogens with one attached hydrogen (secondary N) is 1. The molecule has 166 valence electrons. The van der Waals surface area contributed by atoms with Gasteiger partial charge in [0.25, 0.3) is 0 Å². The maximum absolute atomic E-state index is 11.8. The third-order valence-corrected chi connectivity index (χ3v) is 7.55. The summed E-state index contributed by atoms with van der Waals surface area (Å²) in [7, 11) is 0. The highest BCUT2D eigenvalue weighted by Crippen LogP contribution is 2.60. The van der Waals surface area contributed by atoms with E-state index < -0.39 is 5.60 Å². The van der Waals surface area contributed by atoms with Crippen LogP contribution in [-0.4, -0.2) is 52.8 Å². The quantitative estimate of drug-likeness (QED) is 0.563. The number of hydrazone groups is 1. The number of aromatic amines is 1. The second-order valence-corrected chi connectivity index (χ2v) is 9.52. The van der Waals surface area contributed by atoms with E-state index in [2.05, 4.69) is 39.9 Å². The standard InChI is InChI=1S/C23H32N6O2/c1-16-15-31-13-12-28(16)20-14-18(23(30)9-7-22(5-6-22)8-10-23)17(2)21(26-20)29(24-3)19-4-11-25-27-19/h4,11,14,16,30H,3,5-10,12-13,15H2,1-2H3,(H,25,27)/t16-/m1/s1. The Bertz CT molecular complexity index is 945. The third-order valence-electron chi connectivity index (χ3n) is 7.55. The molecular weight excluding hydrogens is 392 g/mol. The zero-order chi connectivity index (χ0) is 21.6. The number of morpholine rings is 1. The highest BCUT2D eigenvalue weighted by atomic mass is 16.5. The van der Waals surface area contributed by atoms with Crippen LogP contribution in [0.1, 0.15) is 56.6 Å². The number of H-pyrrole nitrogens is 1. The van der Waals surface area contributed by atoms with Crippen molar-refractivity contribution in [1.82, 2.24) is 15.2 Å². The van der Waals surface area contributed by atoms with Gasteiger partial charge in [-0.25, -0.2) is 4.98 Å². The molecule has 2 N–H and O–H groups in total. The lowest BCUT2D eigenvalue weighted by atomic mass is 9.72. The van der Waals surface area contributed by atoms with Crippen molar-refractivity contribution in [1.29, 1.82) is 0 Å². The fourth-order valence-electron chi connectivity index (χ4n) is 5.25. The van der Waals surface area contributed by atoms with Crippen molar-refractivity contribution in [3.05, 3.63) is 29.5 Å². The van der Waals surface area contributed by atoms with Gasteiger partial charge in [0.2, 0.25) is 0 Å². The molecule has 2 saturated carbocycles. The first-order valence-electron chi connectivity index (χ1n) is 11.3. The average Bonchev–Trinajstić information content (AvgIpc) is 3.32. The second-order valence-electron chi connectivity index (χ2n) is 9.52. The zero-order valence-electron chi connectivity index (χ0n) is 18.5. The minimum Gasteiger partial charge on any atom is -0.385 e. The zero-order valence-corrected chi connectivity index (χ0v) is 18.5. The van der Waals surface area contributed by atoms with Crippen LogP contribution in [0.3, 0.4) is 0 Å². The molecule has 0 unspecified atom stereocenters. The van der Waals surface area contributed by atoms with E-state index in [1.165, 1.54) is 12.8 Å². The van der Waals surface area contributed by atoms with Crippen LogP contribution in [0.15, 0.2) is 23.4 Å². The van der Waals surface area contributed by atoms with E-state index in [1.807, 2.05) is 13.0 Å². The van der Waals surface area contributed by atoms with Gasteiger partial charge in [0, 0.05) is 24.9 Å². The maximum atomic E-state index is 11.8. The van der Waals surface area contributed by atoms with Gasteiger partial charge < -0.3 is 14.7 Å². The normalized spacial score (nSPS) is 24.2. The summed E-state index contributed by atoms with van der Waals surface area (Å²) in [5.41, 5.74) is 1.54. The molecule has 3 fully saturated rings. The Morgan fingerprint density at radius 3 is 2.65 bits per heavy atom. The predicted molar refractivity (Wildman–Crippen MR) is 121 cm³/mol. The molecule has 3 heterocycles. The largest absolute Gasteiger partial charge is 0.385 e. The fraction of sp³-hybridized carbons (Fsp3) is 0.609. The minimum absolute atomic E-state index is 0.206. The van der Waals surface area contributed by atoms with E-state index in [4.69, 9.17) is 9.72 Å². The molecule has 1 spiro atoms. The van der Waals surface area contributed by atoms with Gasteiger partial charge >= 0.3 is 0 Å². The van der Waals surface area contributed by atoms with Crippen molar-refractivity contribution in [3.8, 4) is 0 Å². The van der Waals surface area contributed by atoms with E-state index >= 15 is 0 Å². The molecule has 0 radical (unpaired) electrons. The summed E-state index contributed by atoms with van der Waals surface area (Å²) >= 11 is 0. The van der Waals surface area contributed by atoms with E-state index in [1.54, 1.807) is 11.2 Å².